The van der Waals surface area contributed by atoms with Gasteiger partial charge in [0, 0.05) is 28.4 Å². The van der Waals surface area contributed by atoms with Crippen LogP contribution in [0.4, 0.5) is 15.8 Å². The molecule has 0 saturated carbocycles. The van der Waals surface area contributed by atoms with Crippen molar-refractivity contribution < 1.29 is 4.39 Å². The summed E-state index contributed by atoms with van der Waals surface area (Å²) in [5, 5.41) is 4.34. The van der Waals surface area contributed by atoms with Gasteiger partial charge in [-0.15, -0.1) is 22.7 Å². The second kappa shape index (κ2) is 7.06. The van der Waals surface area contributed by atoms with Gasteiger partial charge in [0.2, 0.25) is 0 Å². The molecular formula is C21H21FN4S2. The fourth-order valence-corrected chi connectivity index (χ4v) is 6.15. The molecular weight excluding hydrogens is 391 g/mol. The van der Waals surface area contributed by atoms with Gasteiger partial charge in [-0.05, 0) is 50.7 Å². The number of hydrogen-bond donors (Lipinski definition) is 1. The van der Waals surface area contributed by atoms with Gasteiger partial charge >= 0.3 is 0 Å². The lowest BCUT2D eigenvalue weighted by Crippen LogP contribution is -2.28. The molecule has 5 rings (SSSR count). The minimum absolute atomic E-state index is 0.304. The van der Waals surface area contributed by atoms with E-state index in [0.717, 1.165) is 33.7 Å². The molecule has 1 N–H and O–H groups in total. The monoisotopic (exact) mass is 412 g/mol. The molecule has 1 fully saturated rings. The van der Waals surface area contributed by atoms with E-state index < -0.39 is 0 Å². The first-order chi connectivity index (χ1) is 13.7. The molecule has 1 aromatic carbocycles. The van der Waals surface area contributed by atoms with Crippen molar-refractivity contribution in [3.63, 3.8) is 0 Å². The summed E-state index contributed by atoms with van der Waals surface area (Å²) in [7, 11) is 0. The third-order valence-electron chi connectivity index (χ3n) is 5.82. The molecule has 1 saturated heterocycles. The highest BCUT2D eigenvalue weighted by Crippen LogP contribution is 2.41. The first kappa shape index (κ1) is 18.0. The van der Waals surface area contributed by atoms with E-state index in [0.29, 0.717) is 23.2 Å². The SMILES string of the molecule is CCN1CC[C@H](c2cc3c(Nc4ccc5scnc5c4F)ccnc3s2)[C@@H]1C. The van der Waals surface area contributed by atoms with Crippen molar-refractivity contribution in [1.82, 2.24) is 14.9 Å². The summed E-state index contributed by atoms with van der Waals surface area (Å²) in [4.78, 5) is 13.6. The minimum Gasteiger partial charge on any atom is -0.352 e. The Morgan fingerprint density at radius 1 is 1.25 bits per heavy atom. The summed E-state index contributed by atoms with van der Waals surface area (Å²) in [5.74, 6) is 0.234. The van der Waals surface area contributed by atoms with E-state index in [-0.39, 0.29) is 5.82 Å². The Labute approximate surface area is 171 Å². The molecule has 1 aliphatic heterocycles. The Kier molecular flexibility index (Phi) is 4.53. The Bertz CT molecular complexity index is 1150. The van der Waals surface area contributed by atoms with E-state index in [2.05, 4.69) is 40.1 Å². The normalized spacial score (nSPS) is 20.4. The lowest BCUT2D eigenvalue weighted by Gasteiger charge is -2.22. The topological polar surface area (TPSA) is 41.0 Å². The fourth-order valence-electron chi connectivity index (χ4n) is 4.22. The van der Waals surface area contributed by atoms with Crippen LogP contribution in [-0.2, 0) is 0 Å². The second-order valence-electron chi connectivity index (χ2n) is 7.24. The van der Waals surface area contributed by atoms with Crippen LogP contribution in [-0.4, -0.2) is 34.0 Å². The van der Waals surface area contributed by atoms with Gasteiger partial charge in [0.15, 0.2) is 5.82 Å². The maximum atomic E-state index is 14.8. The van der Waals surface area contributed by atoms with Crippen LogP contribution in [0.15, 0.2) is 36.0 Å². The first-order valence-corrected chi connectivity index (χ1v) is 11.3. The van der Waals surface area contributed by atoms with E-state index in [1.54, 1.807) is 29.1 Å². The average molecular weight is 413 g/mol. The fraction of sp³-hybridized carbons (Fsp3) is 0.333. The van der Waals surface area contributed by atoms with E-state index in [4.69, 9.17) is 0 Å². The predicted octanol–water partition coefficient (Wildman–Crippen LogP) is 5.99. The summed E-state index contributed by atoms with van der Waals surface area (Å²) < 4.78 is 15.7. The van der Waals surface area contributed by atoms with Gasteiger partial charge in [-0.25, -0.2) is 14.4 Å². The van der Waals surface area contributed by atoms with Crippen molar-refractivity contribution in [2.75, 3.05) is 18.4 Å². The van der Waals surface area contributed by atoms with Crippen molar-refractivity contribution in [3.8, 4) is 0 Å². The molecule has 4 nitrogen and oxygen atoms in total. The molecule has 0 unspecified atom stereocenters. The number of nitrogens with one attached hydrogen (secondary N) is 1. The smallest absolute Gasteiger partial charge is 0.173 e. The van der Waals surface area contributed by atoms with Gasteiger partial charge in [0.25, 0.3) is 0 Å². The number of benzene rings is 1. The minimum atomic E-state index is -0.304. The highest BCUT2D eigenvalue weighted by molar-refractivity contribution is 7.18. The Morgan fingerprint density at radius 3 is 2.96 bits per heavy atom. The third kappa shape index (κ3) is 2.89. The van der Waals surface area contributed by atoms with Crippen LogP contribution in [0, 0.1) is 5.82 Å². The van der Waals surface area contributed by atoms with Crippen LogP contribution < -0.4 is 5.32 Å². The van der Waals surface area contributed by atoms with E-state index in [9.17, 15) is 4.39 Å². The number of nitrogens with zero attached hydrogens (tertiary/aromatic N) is 3. The Morgan fingerprint density at radius 2 is 2.14 bits per heavy atom. The first-order valence-electron chi connectivity index (χ1n) is 9.57. The molecule has 28 heavy (non-hydrogen) atoms. The van der Waals surface area contributed by atoms with Crippen LogP contribution >= 0.6 is 22.7 Å². The molecule has 0 bridgehead atoms. The van der Waals surface area contributed by atoms with Gasteiger partial charge in [-0.2, -0.15) is 0 Å². The number of aromatic nitrogens is 2. The molecule has 1 aliphatic rings. The highest BCUT2D eigenvalue weighted by atomic mass is 32.1. The van der Waals surface area contributed by atoms with E-state index in [1.165, 1.54) is 22.6 Å². The molecule has 4 heterocycles. The van der Waals surface area contributed by atoms with Crippen LogP contribution in [0.1, 0.15) is 31.1 Å². The third-order valence-corrected chi connectivity index (χ3v) is 7.79. The molecule has 0 aliphatic carbocycles. The standard InChI is InChI=1S/C21H21FN4S2/c1-3-26-9-7-13(12(26)2)18-10-14-15(6-8-23-21(14)28-18)25-16-4-5-17-20(19(16)22)24-11-27-17/h4-6,8,10-13H,3,7,9H2,1-2H3,(H,23,25)/t12-,13-/m0/s1. The molecule has 0 spiro atoms. The van der Waals surface area contributed by atoms with Crippen molar-refractivity contribution in [2.24, 2.45) is 0 Å². The number of fused-ring (bicyclic) bond motifs is 2. The Hall–Kier alpha value is -2.09. The average Bonchev–Trinajstić information content (AvgIpc) is 3.41. The zero-order valence-corrected chi connectivity index (χ0v) is 17.4. The number of pyridine rings is 1. The van der Waals surface area contributed by atoms with E-state index >= 15 is 0 Å². The molecule has 3 aromatic heterocycles. The number of likely N-dealkylation sites (tertiary alicyclic amines) is 1. The second-order valence-corrected chi connectivity index (χ2v) is 9.19. The van der Waals surface area contributed by atoms with Gasteiger partial charge in [-0.3, -0.25) is 0 Å². The molecule has 144 valence electrons. The predicted molar refractivity (Wildman–Crippen MR) is 117 cm³/mol. The summed E-state index contributed by atoms with van der Waals surface area (Å²) >= 11 is 3.21. The van der Waals surface area contributed by atoms with E-state index in [1.807, 2.05) is 12.1 Å². The van der Waals surface area contributed by atoms with Gasteiger partial charge in [-0.1, -0.05) is 6.92 Å². The zero-order chi connectivity index (χ0) is 19.3. The van der Waals surface area contributed by atoms with Gasteiger partial charge in [0.1, 0.15) is 10.3 Å². The summed E-state index contributed by atoms with van der Waals surface area (Å²) in [6.45, 7) is 6.78. The van der Waals surface area contributed by atoms with Crippen molar-refractivity contribution in [2.45, 2.75) is 32.2 Å². The van der Waals surface area contributed by atoms with Crippen molar-refractivity contribution in [3.05, 3.63) is 46.7 Å². The Balaban J connectivity index is 1.51. The molecule has 0 radical (unpaired) electrons. The molecule has 7 heteroatoms. The zero-order valence-electron chi connectivity index (χ0n) is 15.8. The van der Waals surface area contributed by atoms with Crippen LogP contribution in [0.3, 0.4) is 0 Å². The summed E-state index contributed by atoms with van der Waals surface area (Å²) in [6, 6.07) is 8.40. The summed E-state index contributed by atoms with van der Waals surface area (Å²) in [5.41, 5.74) is 3.44. The van der Waals surface area contributed by atoms with Crippen LogP contribution in [0.25, 0.3) is 20.4 Å². The van der Waals surface area contributed by atoms with Crippen LogP contribution in [0.5, 0.6) is 0 Å². The van der Waals surface area contributed by atoms with Gasteiger partial charge in [0.05, 0.1) is 21.6 Å². The maximum Gasteiger partial charge on any atom is 0.173 e. The number of thiazole rings is 1. The number of rotatable bonds is 4. The number of hydrogen-bond acceptors (Lipinski definition) is 6. The van der Waals surface area contributed by atoms with Crippen LogP contribution in [0.2, 0.25) is 0 Å². The highest BCUT2D eigenvalue weighted by Gasteiger charge is 2.32. The molecule has 2 atom stereocenters. The summed E-state index contributed by atoms with van der Waals surface area (Å²) in [6.07, 6.45) is 2.97. The number of halogens is 1. The largest absolute Gasteiger partial charge is 0.352 e. The van der Waals surface area contributed by atoms with Crippen molar-refractivity contribution in [1.29, 1.82) is 0 Å². The number of likely N-dealkylation sites (N-methyl/N-ethyl adjacent to an activating group) is 1. The quantitative estimate of drug-likeness (QED) is 0.447. The molecule has 0 amide bonds. The lowest BCUT2D eigenvalue weighted by atomic mass is 9.99. The lowest BCUT2D eigenvalue weighted by molar-refractivity contribution is 0.274. The maximum absolute atomic E-state index is 14.8. The number of anilines is 2. The number of thiophene rings is 1. The van der Waals surface area contributed by atoms with Crippen molar-refractivity contribution >= 4 is 54.5 Å². The van der Waals surface area contributed by atoms with Gasteiger partial charge < -0.3 is 10.2 Å². The molecule has 4 aromatic rings.